The van der Waals surface area contributed by atoms with E-state index in [1.54, 1.807) is 31.2 Å². The van der Waals surface area contributed by atoms with Gasteiger partial charge in [-0.25, -0.2) is 0 Å². The first-order valence-corrected chi connectivity index (χ1v) is 10.2. The summed E-state index contributed by atoms with van der Waals surface area (Å²) in [6, 6.07) is 17.4. The number of carbonyl (C=O) groups is 1. The van der Waals surface area contributed by atoms with Crippen molar-refractivity contribution in [3.05, 3.63) is 87.7 Å². The molecule has 0 fully saturated rings. The Bertz CT molecular complexity index is 1210. The van der Waals surface area contributed by atoms with E-state index in [1.165, 1.54) is 18.2 Å². The maximum Gasteiger partial charge on any atom is 0.435 e. The fraction of sp³-hybridized carbons (Fsp3) is 0.130. The molecule has 0 radical (unpaired) electrons. The molecule has 1 aliphatic rings. The number of nitrogens with zero attached hydrogens (tertiary/aromatic N) is 3. The molecule has 0 saturated heterocycles. The van der Waals surface area contributed by atoms with E-state index >= 15 is 0 Å². The zero-order chi connectivity index (χ0) is 22.3. The molecule has 8 heteroatoms. The van der Waals surface area contributed by atoms with Crippen molar-refractivity contribution in [1.29, 1.82) is 0 Å². The van der Waals surface area contributed by atoms with E-state index in [0.717, 1.165) is 26.6 Å². The highest BCUT2D eigenvalue weighted by Crippen LogP contribution is 2.33. The highest BCUT2D eigenvalue weighted by atomic mass is 79.9. The minimum atomic E-state index is -4.76. The van der Waals surface area contributed by atoms with Crippen LogP contribution in [0, 0.1) is 13.8 Å². The summed E-state index contributed by atoms with van der Waals surface area (Å²) in [5.74, 6) is -0.813. The predicted octanol–water partition coefficient (Wildman–Crippen LogP) is 6.21. The number of benzene rings is 2. The van der Waals surface area contributed by atoms with Gasteiger partial charge < -0.3 is 4.57 Å². The van der Waals surface area contributed by atoms with Gasteiger partial charge in [-0.3, -0.25) is 4.79 Å². The van der Waals surface area contributed by atoms with Crippen LogP contribution in [0.15, 0.2) is 75.8 Å². The second-order valence-electron chi connectivity index (χ2n) is 7.10. The van der Waals surface area contributed by atoms with Crippen LogP contribution in [0.4, 0.5) is 18.9 Å². The van der Waals surface area contributed by atoms with Gasteiger partial charge in [-0.15, -0.1) is 0 Å². The Labute approximate surface area is 185 Å². The van der Waals surface area contributed by atoms with Gasteiger partial charge in [0.2, 0.25) is 0 Å². The summed E-state index contributed by atoms with van der Waals surface area (Å²) in [6.07, 6.45) is -3.49. The first-order valence-electron chi connectivity index (χ1n) is 9.39. The summed E-state index contributed by atoms with van der Waals surface area (Å²) in [7, 11) is 0. The third-order valence-electron chi connectivity index (χ3n) is 5.00. The van der Waals surface area contributed by atoms with Gasteiger partial charge >= 0.3 is 6.18 Å². The fourth-order valence-corrected chi connectivity index (χ4v) is 3.84. The highest BCUT2D eigenvalue weighted by Gasteiger charge is 2.46. The van der Waals surface area contributed by atoms with E-state index in [0.29, 0.717) is 5.56 Å². The summed E-state index contributed by atoms with van der Waals surface area (Å²) in [6.45, 7) is 3.67. The smallest absolute Gasteiger partial charge is 0.318 e. The number of carbonyl (C=O) groups excluding carboxylic acids is 1. The minimum Gasteiger partial charge on any atom is -0.318 e. The second kappa shape index (κ2) is 7.85. The molecular weight excluding hydrogens is 471 g/mol. The molecule has 1 aliphatic heterocycles. The van der Waals surface area contributed by atoms with Crippen LogP contribution in [0.3, 0.4) is 0 Å². The van der Waals surface area contributed by atoms with Crippen LogP contribution >= 0.6 is 15.9 Å². The summed E-state index contributed by atoms with van der Waals surface area (Å²) in [5, 5.41) is 4.40. The average molecular weight is 488 g/mol. The van der Waals surface area contributed by atoms with E-state index < -0.39 is 23.4 Å². The lowest BCUT2D eigenvalue weighted by Crippen LogP contribution is -2.25. The standard InChI is InChI=1S/C23H17BrF3N3O/c1-14-12-16(15(2)29(14)18-10-8-17(24)9-11-18)13-20-21(23(25,26)27)28-30(22(20)31)19-6-4-3-5-7-19/h3-13H,1-2H3/b20-13-. The molecule has 0 saturated carbocycles. The van der Waals surface area contributed by atoms with Crippen molar-refractivity contribution in [3.63, 3.8) is 0 Å². The number of alkyl halides is 3. The van der Waals surface area contributed by atoms with E-state index in [9.17, 15) is 18.0 Å². The second-order valence-corrected chi connectivity index (χ2v) is 8.01. The van der Waals surface area contributed by atoms with Gasteiger partial charge in [0.15, 0.2) is 5.71 Å². The number of aromatic nitrogens is 1. The van der Waals surface area contributed by atoms with Gasteiger partial charge in [-0.05, 0) is 68.0 Å². The molecule has 0 N–H and O–H groups in total. The van der Waals surface area contributed by atoms with Crippen LogP contribution in [0.1, 0.15) is 17.0 Å². The number of anilines is 1. The number of halogens is 4. The highest BCUT2D eigenvalue weighted by molar-refractivity contribution is 9.10. The molecule has 0 aliphatic carbocycles. The van der Waals surface area contributed by atoms with E-state index in [-0.39, 0.29) is 5.69 Å². The molecular formula is C23H17BrF3N3O. The predicted molar refractivity (Wildman–Crippen MR) is 118 cm³/mol. The molecule has 0 spiro atoms. The van der Waals surface area contributed by atoms with Gasteiger partial charge in [0, 0.05) is 21.5 Å². The molecule has 0 atom stereocenters. The Hall–Kier alpha value is -3.13. The molecule has 0 bridgehead atoms. The van der Waals surface area contributed by atoms with Crippen molar-refractivity contribution in [2.45, 2.75) is 20.0 Å². The lowest BCUT2D eigenvalue weighted by atomic mass is 10.1. The van der Waals surface area contributed by atoms with Crippen molar-refractivity contribution in [1.82, 2.24) is 4.57 Å². The molecule has 31 heavy (non-hydrogen) atoms. The first-order chi connectivity index (χ1) is 14.7. The molecule has 2 aromatic carbocycles. The van der Waals surface area contributed by atoms with E-state index in [2.05, 4.69) is 21.0 Å². The van der Waals surface area contributed by atoms with Crippen molar-refractivity contribution < 1.29 is 18.0 Å². The lowest BCUT2D eigenvalue weighted by molar-refractivity contribution is -0.114. The third-order valence-corrected chi connectivity index (χ3v) is 5.53. The van der Waals surface area contributed by atoms with Crippen molar-refractivity contribution in [2.75, 3.05) is 5.01 Å². The number of amides is 1. The summed E-state index contributed by atoms with van der Waals surface area (Å²) in [4.78, 5) is 12.9. The number of rotatable bonds is 3. The Morgan fingerprint density at radius 2 is 1.61 bits per heavy atom. The van der Waals surface area contributed by atoms with Crippen molar-refractivity contribution >= 4 is 39.3 Å². The van der Waals surface area contributed by atoms with Crippen molar-refractivity contribution in [3.8, 4) is 5.69 Å². The Morgan fingerprint density at radius 1 is 0.968 bits per heavy atom. The zero-order valence-electron chi connectivity index (χ0n) is 16.6. The molecule has 0 unspecified atom stereocenters. The Balaban J connectivity index is 1.80. The van der Waals surface area contributed by atoms with E-state index in [4.69, 9.17) is 0 Å². The summed E-state index contributed by atoms with van der Waals surface area (Å²) >= 11 is 3.39. The van der Waals surface area contributed by atoms with Crippen molar-refractivity contribution in [2.24, 2.45) is 5.10 Å². The van der Waals surface area contributed by atoms with Crippen LogP contribution in [-0.2, 0) is 4.79 Å². The number of aryl methyl sites for hydroxylation is 1. The molecule has 1 amide bonds. The average Bonchev–Trinajstić information content (AvgIpc) is 3.20. The monoisotopic (exact) mass is 487 g/mol. The van der Waals surface area contributed by atoms with Gasteiger partial charge in [-0.2, -0.15) is 23.3 Å². The molecule has 158 valence electrons. The summed E-state index contributed by atoms with van der Waals surface area (Å²) in [5.41, 5.74) is 1.55. The van der Waals surface area contributed by atoms with Gasteiger partial charge in [0.25, 0.3) is 5.91 Å². The van der Waals surface area contributed by atoms with Crippen LogP contribution in [-0.4, -0.2) is 22.4 Å². The Morgan fingerprint density at radius 3 is 2.23 bits per heavy atom. The molecule has 4 nitrogen and oxygen atoms in total. The number of para-hydroxylation sites is 1. The molecule has 2 heterocycles. The fourth-order valence-electron chi connectivity index (χ4n) is 3.58. The normalized spacial score (nSPS) is 15.7. The first kappa shape index (κ1) is 21.1. The number of hydrogen-bond acceptors (Lipinski definition) is 2. The lowest BCUT2D eigenvalue weighted by Gasteiger charge is -2.11. The maximum absolute atomic E-state index is 13.7. The largest absolute Gasteiger partial charge is 0.435 e. The van der Waals surface area contributed by atoms with Gasteiger partial charge in [-0.1, -0.05) is 34.1 Å². The maximum atomic E-state index is 13.7. The van der Waals surface area contributed by atoms with Crippen LogP contribution in [0.2, 0.25) is 0 Å². The molecule has 1 aromatic heterocycles. The van der Waals surface area contributed by atoms with Crippen LogP contribution in [0.25, 0.3) is 11.8 Å². The molecule has 4 rings (SSSR count). The molecule has 3 aromatic rings. The topological polar surface area (TPSA) is 37.6 Å². The van der Waals surface area contributed by atoms with Crippen LogP contribution in [0.5, 0.6) is 0 Å². The van der Waals surface area contributed by atoms with Gasteiger partial charge in [0.1, 0.15) is 0 Å². The van der Waals surface area contributed by atoms with Crippen LogP contribution < -0.4 is 5.01 Å². The quantitative estimate of drug-likeness (QED) is 0.405. The minimum absolute atomic E-state index is 0.276. The third kappa shape index (κ3) is 3.95. The SMILES string of the molecule is Cc1cc(/C=C2\C(=O)N(c3ccccc3)N=C2C(F)(F)F)c(C)n1-c1ccc(Br)cc1. The van der Waals surface area contributed by atoms with Gasteiger partial charge in [0.05, 0.1) is 11.3 Å². The zero-order valence-corrected chi connectivity index (χ0v) is 18.2. The summed E-state index contributed by atoms with van der Waals surface area (Å²) < 4.78 is 44.0. The number of hydrogen-bond donors (Lipinski definition) is 0. The number of hydrazone groups is 1. The van der Waals surface area contributed by atoms with E-state index in [1.807, 2.05) is 35.8 Å². The Kier molecular flexibility index (Phi) is 5.35.